The third-order valence-electron chi connectivity index (χ3n) is 3.37. The van der Waals surface area contributed by atoms with E-state index in [1.807, 2.05) is 37.3 Å². The predicted octanol–water partition coefficient (Wildman–Crippen LogP) is 2.60. The minimum absolute atomic E-state index is 0.168. The summed E-state index contributed by atoms with van der Waals surface area (Å²) < 4.78 is 10.1. The number of hydrogen-bond donors (Lipinski definition) is 1. The fourth-order valence-electron chi connectivity index (χ4n) is 2.26. The van der Waals surface area contributed by atoms with E-state index in [-0.39, 0.29) is 5.57 Å². The largest absolute Gasteiger partial charge is 0.419 e. The molecular formula is C17H16N2O4. The summed E-state index contributed by atoms with van der Waals surface area (Å²) in [5.41, 5.74) is 1.97. The molecule has 1 aromatic carbocycles. The fraction of sp³-hybridized carbons (Fsp3) is 0.235. The van der Waals surface area contributed by atoms with Gasteiger partial charge in [-0.05, 0) is 13.0 Å². The number of aromatic amines is 1. The standard InChI is InChI=1S/C17H16N2O4/c1-10-13(19-14(18-10)11-7-5-4-6-8-11)9-12-15(20)22-17(2,3)23-16(12)21/h4-9H,1-3H3,(H,18,19). The van der Waals surface area contributed by atoms with Gasteiger partial charge in [-0.1, -0.05) is 30.3 Å². The normalized spacial score (nSPS) is 16.7. The first-order valence-electron chi connectivity index (χ1n) is 7.16. The molecule has 0 aliphatic carbocycles. The zero-order valence-corrected chi connectivity index (χ0v) is 13.0. The Morgan fingerprint density at radius 2 is 1.70 bits per heavy atom. The molecule has 1 aliphatic rings. The number of ether oxygens (including phenoxy) is 2. The Labute approximate surface area is 133 Å². The Morgan fingerprint density at radius 1 is 1.09 bits per heavy atom. The molecule has 2 heterocycles. The van der Waals surface area contributed by atoms with Crippen molar-refractivity contribution < 1.29 is 19.1 Å². The maximum atomic E-state index is 12.0. The van der Waals surface area contributed by atoms with Crippen molar-refractivity contribution >= 4 is 18.0 Å². The monoisotopic (exact) mass is 312 g/mol. The first-order valence-corrected chi connectivity index (χ1v) is 7.16. The van der Waals surface area contributed by atoms with E-state index in [0.717, 1.165) is 11.3 Å². The molecule has 0 atom stereocenters. The third-order valence-corrected chi connectivity index (χ3v) is 3.37. The first kappa shape index (κ1) is 15.0. The highest BCUT2D eigenvalue weighted by Gasteiger charge is 2.39. The molecule has 0 bridgehead atoms. The van der Waals surface area contributed by atoms with Crippen LogP contribution in [0.1, 0.15) is 25.2 Å². The van der Waals surface area contributed by atoms with Gasteiger partial charge >= 0.3 is 11.9 Å². The number of rotatable bonds is 2. The SMILES string of the molecule is Cc1[nH]c(-c2ccccc2)nc1C=C1C(=O)OC(C)(C)OC1=O. The van der Waals surface area contributed by atoms with E-state index >= 15 is 0 Å². The Hall–Kier alpha value is -2.89. The van der Waals surface area contributed by atoms with Crippen LogP contribution in [0.5, 0.6) is 0 Å². The summed E-state index contributed by atoms with van der Waals surface area (Å²) in [7, 11) is 0. The van der Waals surface area contributed by atoms with Crippen molar-refractivity contribution in [3.63, 3.8) is 0 Å². The number of nitrogens with zero attached hydrogens (tertiary/aromatic N) is 1. The average molecular weight is 312 g/mol. The molecule has 1 aliphatic heterocycles. The van der Waals surface area contributed by atoms with Crippen molar-refractivity contribution in [2.24, 2.45) is 0 Å². The Bertz CT molecular complexity index is 781. The molecule has 0 unspecified atom stereocenters. The summed E-state index contributed by atoms with van der Waals surface area (Å²) in [6, 6.07) is 9.56. The van der Waals surface area contributed by atoms with Crippen LogP contribution < -0.4 is 0 Å². The van der Waals surface area contributed by atoms with E-state index in [4.69, 9.17) is 9.47 Å². The van der Waals surface area contributed by atoms with Crippen LogP contribution in [0.3, 0.4) is 0 Å². The predicted molar refractivity (Wildman–Crippen MR) is 83.0 cm³/mol. The lowest BCUT2D eigenvalue weighted by molar-refractivity contribution is -0.222. The highest BCUT2D eigenvalue weighted by molar-refractivity contribution is 6.18. The van der Waals surface area contributed by atoms with Crippen LogP contribution in [0.2, 0.25) is 0 Å². The quantitative estimate of drug-likeness (QED) is 0.524. The van der Waals surface area contributed by atoms with Gasteiger partial charge in [-0.15, -0.1) is 0 Å². The van der Waals surface area contributed by atoms with Gasteiger partial charge < -0.3 is 14.5 Å². The molecule has 0 saturated carbocycles. The van der Waals surface area contributed by atoms with Gasteiger partial charge in [-0.3, -0.25) is 0 Å². The number of aryl methyl sites for hydroxylation is 1. The lowest BCUT2D eigenvalue weighted by Crippen LogP contribution is -2.41. The van der Waals surface area contributed by atoms with Crippen LogP contribution >= 0.6 is 0 Å². The third kappa shape index (κ3) is 3.01. The van der Waals surface area contributed by atoms with Crippen molar-refractivity contribution in [2.45, 2.75) is 26.6 Å². The lowest BCUT2D eigenvalue weighted by Gasteiger charge is -2.29. The number of H-pyrrole nitrogens is 1. The second-order valence-corrected chi connectivity index (χ2v) is 5.70. The summed E-state index contributed by atoms with van der Waals surface area (Å²) in [5, 5.41) is 0. The van der Waals surface area contributed by atoms with Gasteiger partial charge in [0, 0.05) is 25.1 Å². The summed E-state index contributed by atoms with van der Waals surface area (Å²) in [4.78, 5) is 31.5. The molecule has 0 spiro atoms. The highest BCUT2D eigenvalue weighted by atomic mass is 16.7. The number of benzene rings is 1. The first-order chi connectivity index (χ1) is 10.9. The Morgan fingerprint density at radius 3 is 2.30 bits per heavy atom. The van der Waals surface area contributed by atoms with Gasteiger partial charge in [0.1, 0.15) is 11.4 Å². The van der Waals surface area contributed by atoms with Crippen LogP contribution in [0.4, 0.5) is 0 Å². The molecular weight excluding hydrogens is 296 g/mol. The van der Waals surface area contributed by atoms with Gasteiger partial charge in [0.15, 0.2) is 0 Å². The number of hydrogen-bond acceptors (Lipinski definition) is 5. The second-order valence-electron chi connectivity index (χ2n) is 5.70. The molecule has 2 aromatic rings. The molecule has 118 valence electrons. The van der Waals surface area contributed by atoms with Crippen molar-refractivity contribution in [1.29, 1.82) is 0 Å². The molecule has 1 fully saturated rings. The van der Waals surface area contributed by atoms with Crippen LogP contribution in [-0.2, 0) is 19.1 Å². The Kier molecular flexibility index (Phi) is 3.52. The summed E-state index contributed by atoms with van der Waals surface area (Å²) >= 11 is 0. The molecule has 1 saturated heterocycles. The van der Waals surface area contributed by atoms with E-state index in [9.17, 15) is 9.59 Å². The van der Waals surface area contributed by atoms with E-state index in [2.05, 4.69) is 9.97 Å². The molecule has 0 amide bonds. The lowest BCUT2D eigenvalue weighted by atomic mass is 10.1. The molecule has 3 rings (SSSR count). The zero-order valence-electron chi connectivity index (χ0n) is 13.0. The summed E-state index contributed by atoms with van der Waals surface area (Å²) in [6.45, 7) is 4.83. The molecule has 1 aromatic heterocycles. The highest BCUT2D eigenvalue weighted by Crippen LogP contribution is 2.25. The van der Waals surface area contributed by atoms with Gasteiger partial charge in [-0.2, -0.15) is 0 Å². The number of carbonyl (C=O) groups is 2. The Balaban J connectivity index is 1.96. The summed E-state index contributed by atoms with van der Waals surface area (Å²) in [6.07, 6.45) is 1.39. The zero-order chi connectivity index (χ0) is 16.6. The number of imidazole rings is 1. The van der Waals surface area contributed by atoms with Crippen LogP contribution in [0.15, 0.2) is 35.9 Å². The van der Waals surface area contributed by atoms with Crippen molar-refractivity contribution in [1.82, 2.24) is 9.97 Å². The number of nitrogens with one attached hydrogen (secondary N) is 1. The van der Waals surface area contributed by atoms with Crippen LogP contribution in [-0.4, -0.2) is 27.7 Å². The minimum Gasteiger partial charge on any atom is -0.419 e. The van der Waals surface area contributed by atoms with Crippen LogP contribution in [0, 0.1) is 6.92 Å². The molecule has 6 heteroatoms. The van der Waals surface area contributed by atoms with Crippen molar-refractivity contribution in [2.75, 3.05) is 0 Å². The van der Waals surface area contributed by atoms with E-state index in [0.29, 0.717) is 11.5 Å². The minimum atomic E-state index is -1.25. The second kappa shape index (κ2) is 5.39. The van der Waals surface area contributed by atoms with Gasteiger partial charge in [0.25, 0.3) is 5.79 Å². The average Bonchev–Trinajstić information content (AvgIpc) is 2.84. The molecule has 1 N–H and O–H groups in total. The van der Waals surface area contributed by atoms with Gasteiger partial charge in [-0.25, -0.2) is 14.6 Å². The number of carbonyl (C=O) groups excluding carboxylic acids is 2. The van der Waals surface area contributed by atoms with Gasteiger partial charge in [0.05, 0.1) is 5.69 Å². The number of cyclic esters (lactones) is 2. The van der Waals surface area contributed by atoms with Gasteiger partial charge in [0.2, 0.25) is 0 Å². The fourth-order valence-corrected chi connectivity index (χ4v) is 2.26. The van der Waals surface area contributed by atoms with E-state index in [1.54, 1.807) is 0 Å². The van der Waals surface area contributed by atoms with E-state index < -0.39 is 17.7 Å². The molecule has 6 nitrogen and oxygen atoms in total. The smallest absolute Gasteiger partial charge is 0.348 e. The maximum absolute atomic E-state index is 12.0. The molecule has 23 heavy (non-hydrogen) atoms. The number of esters is 2. The maximum Gasteiger partial charge on any atom is 0.348 e. The topological polar surface area (TPSA) is 81.3 Å². The van der Waals surface area contributed by atoms with Crippen molar-refractivity contribution in [3.8, 4) is 11.4 Å². The summed E-state index contributed by atoms with van der Waals surface area (Å²) in [5.74, 6) is -2.01. The van der Waals surface area contributed by atoms with Crippen LogP contribution in [0.25, 0.3) is 17.5 Å². The number of aromatic nitrogens is 2. The van der Waals surface area contributed by atoms with Crippen molar-refractivity contribution in [3.05, 3.63) is 47.3 Å². The molecule has 0 radical (unpaired) electrons. The van der Waals surface area contributed by atoms with E-state index in [1.165, 1.54) is 19.9 Å².